The maximum absolute atomic E-state index is 12.7. The van der Waals surface area contributed by atoms with Crippen LogP contribution in [0.25, 0.3) is 23.0 Å². The molecule has 1 fully saturated rings. The number of aromatic nitrogens is 3. The summed E-state index contributed by atoms with van der Waals surface area (Å²) in [6, 6.07) is 20.9. The first kappa shape index (κ1) is 21.3. The third-order valence-electron chi connectivity index (χ3n) is 5.61. The van der Waals surface area contributed by atoms with Gasteiger partial charge in [0.15, 0.2) is 0 Å². The van der Waals surface area contributed by atoms with Gasteiger partial charge in [0.2, 0.25) is 11.8 Å². The van der Waals surface area contributed by atoms with Gasteiger partial charge < -0.3 is 10.2 Å². The highest BCUT2D eigenvalue weighted by Crippen LogP contribution is 2.26. The van der Waals surface area contributed by atoms with Crippen LogP contribution in [0.15, 0.2) is 91.4 Å². The summed E-state index contributed by atoms with van der Waals surface area (Å²) >= 11 is 0. The summed E-state index contributed by atoms with van der Waals surface area (Å²) in [6.07, 6.45) is 10.0. The highest BCUT2D eigenvalue weighted by atomic mass is 16.2. The van der Waals surface area contributed by atoms with Crippen molar-refractivity contribution >= 4 is 29.3 Å². The number of rotatable bonds is 6. The van der Waals surface area contributed by atoms with Crippen molar-refractivity contribution in [2.24, 2.45) is 0 Å². The Morgan fingerprint density at radius 3 is 2.62 bits per heavy atom. The van der Waals surface area contributed by atoms with E-state index in [4.69, 9.17) is 5.10 Å². The van der Waals surface area contributed by atoms with Gasteiger partial charge in [-0.2, -0.15) is 5.10 Å². The van der Waals surface area contributed by atoms with Crippen molar-refractivity contribution in [3.05, 3.63) is 97.0 Å². The molecule has 168 valence electrons. The molecule has 1 saturated heterocycles. The van der Waals surface area contributed by atoms with Gasteiger partial charge in [0, 0.05) is 60.1 Å². The molecule has 0 radical (unpaired) electrons. The normalized spacial score (nSPS) is 13.5. The van der Waals surface area contributed by atoms with E-state index in [0.29, 0.717) is 18.7 Å². The van der Waals surface area contributed by atoms with Crippen molar-refractivity contribution in [1.29, 1.82) is 0 Å². The Labute approximate surface area is 197 Å². The fourth-order valence-corrected chi connectivity index (χ4v) is 3.97. The van der Waals surface area contributed by atoms with E-state index >= 15 is 0 Å². The van der Waals surface area contributed by atoms with E-state index in [1.807, 2.05) is 72.9 Å². The SMILES string of the molecule is O=C(C=Cc1cn(-c2ccccc2)nc1-c1cccnc1)Nc1cccc(N2CCCC2=O)c1. The van der Waals surface area contributed by atoms with Crippen LogP contribution < -0.4 is 10.2 Å². The predicted molar refractivity (Wildman–Crippen MR) is 132 cm³/mol. The van der Waals surface area contributed by atoms with Gasteiger partial charge in [-0.05, 0) is 55.0 Å². The van der Waals surface area contributed by atoms with Gasteiger partial charge in [0.25, 0.3) is 0 Å². The van der Waals surface area contributed by atoms with Crippen LogP contribution in [0.3, 0.4) is 0 Å². The van der Waals surface area contributed by atoms with Crippen molar-refractivity contribution in [2.45, 2.75) is 12.8 Å². The summed E-state index contributed by atoms with van der Waals surface area (Å²) in [6.45, 7) is 0.707. The molecule has 2 aromatic heterocycles. The minimum Gasteiger partial charge on any atom is -0.322 e. The molecule has 0 aliphatic carbocycles. The zero-order valence-corrected chi connectivity index (χ0v) is 18.5. The van der Waals surface area contributed by atoms with Crippen molar-refractivity contribution in [3.8, 4) is 16.9 Å². The van der Waals surface area contributed by atoms with Crippen molar-refractivity contribution in [3.63, 3.8) is 0 Å². The first-order chi connectivity index (χ1) is 16.7. The number of benzene rings is 2. The third kappa shape index (κ3) is 4.63. The molecule has 34 heavy (non-hydrogen) atoms. The maximum Gasteiger partial charge on any atom is 0.248 e. The number of carbonyl (C=O) groups excluding carboxylic acids is 2. The highest BCUT2D eigenvalue weighted by molar-refractivity contribution is 6.03. The molecule has 1 aliphatic rings. The van der Waals surface area contributed by atoms with E-state index in [1.54, 1.807) is 28.1 Å². The Balaban J connectivity index is 1.38. The van der Waals surface area contributed by atoms with Crippen LogP contribution in [0.4, 0.5) is 11.4 Å². The summed E-state index contributed by atoms with van der Waals surface area (Å²) < 4.78 is 1.79. The Kier molecular flexibility index (Phi) is 5.99. The lowest BCUT2D eigenvalue weighted by Gasteiger charge is -2.16. The minimum atomic E-state index is -0.269. The molecule has 1 N–H and O–H groups in total. The van der Waals surface area contributed by atoms with E-state index in [2.05, 4.69) is 10.3 Å². The molecule has 0 saturated carbocycles. The molecule has 0 bridgehead atoms. The average molecular weight is 450 g/mol. The molecule has 2 aromatic carbocycles. The van der Waals surface area contributed by atoms with Gasteiger partial charge in [-0.1, -0.05) is 24.3 Å². The second-order valence-corrected chi connectivity index (χ2v) is 7.98. The summed E-state index contributed by atoms with van der Waals surface area (Å²) in [5.41, 5.74) is 4.75. The van der Waals surface area contributed by atoms with Crippen LogP contribution in [-0.4, -0.2) is 33.1 Å². The van der Waals surface area contributed by atoms with E-state index < -0.39 is 0 Å². The number of carbonyl (C=O) groups is 2. The van der Waals surface area contributed by atoms with E-state index in [0.717, 1.165) is 34.6 Å². The Hall–Kier alpha value is -4.52. The molecule has 0 unspecified atom stereocenters. The molecule has 4 aromatic rings. The van der Waals surface area contributed by atoms with Crippen LogP contribution in [0.1, 0.15) is 18.4 Å². The Bertz CT molecular complexity index is 1350. The van der Waals surface area contributed by atoms with Crippen LogP contribution in [0.5, 0.6) is 0 Å². The fraction of sp³-hybridized carbons (Fsp3) is 0.111. The van der Waals surface area contributed by atoms with Crippen LogP contribution >= 0.6 is 0 Å². The molecule has 7 nitrogen and oxygen atoms in total. The van der Waals surface area contributed by atoms with Gasteiger partial charge in [-0.3, -0.25) is 14.6 Å². The molecule has 0 spiro atoms. The van der Waals surface area contributed by atoms with E-state index in [9.17, 15) is 9.59 Å². The topological polar surface area (TPSA) is 80.1 Å². The van der Waals surface area contributed by atoms with Gasteiger partial charge in [-0.25, -0.2) is 4.68 Å². The number of nitrogens with zero attached hydrogens (tertiary/aromatic N) is 4. The van der Waals surface area contributed by atoms with Gasteiger partial charge >= 0.3 is 0 Å². The number of para-hydroxylation sites is 1. The number of hydrogen-bond acceptors (Lipinski definition) is 4. The minimum absolute atomic E-state index is 0.113. The van der Waals surface area contributed by atoms with E-state index in [1.165, 1.54) is 6.08 Å². The monoisotopic (exact) mass is 449 g/mol. The largest absolute Gasteiger partial charge is 0.322 e. The third-order valence-corrected chi connectivity index (χ3v) is 5.61. The van der Waals surface area contributed by atoms with Crippen LogP contribution in [0.2, 0.25) is 0 Å². The lowest BCUT2D eigenvalue weighted by atomic mass is 10.1. The molecule has 1 aliphatic heterocycles. The lowest BCUT2D eigenvalue weighted by molar-refractivity contribution is -0.117. The first-order valence-electron chi connectivity index (χ1n) is 11.1. The number of nitrogens with one attached hydrogen (secondary N) is 1. The van der Waals surface area contributed by atoms with Crippen molar-refractivity contribution < 1.29 is 9.59 Å². The quantitative estimate of drug-likeness (QED) is 0.432. The summed E-state index contributed by atoms with van der Waals surface area (Å²) in [5.74, 6) is -0.156. The number of amides is 2. The standard InChI is InChI=1S/C27H23N5O2/c33-25(29-22-8-4-11-24(17-22)31-16-6-12-26(31)34)14-13-21-19-32(23-9-2-1-3-10-23)30-27(21)20-7-5-15-28-18-20/h1-5,7-11,13-15,17-19H,6,12,16H2,(H,29,33). The second kappa shape index (κ2) is 9.54. The smallest absolute Gasteiger partial charge is 0.248 e. The maximum atomic E-state index is 12.7. The van der Waals surface area contributed by atoms with Crippen molar-refractivity contribution in [2.75, 3.05) is 16.8 Å². The summed E-state index contributed by atoms with van der Waals surface area (Å²) in [4.78, 5) is 30.7. The molecule has 3 heterocycles. The Morgan fingerprint density at radius 2 is 1.85 bits per heavy atom. The van der Waals surface area contributed by atoms with Crippen LogP contribution in [-0.2, 0) is 9.59 Å². The lowest BCUT2D eigenvalue weighted by Crippen LogP contribution is -2.23. The van der Waals surface area contributed by atoms with E-state index in [-0.39, 0.29) is 11.8 Å². The molecule has 5 rings (SSSR count). The molecule has 2 amide bonds. The van der Waals surface area contributed by atoms with Gasteiger partial charge in [-0.15, -0.1) is 0 Å². The Morgan fingerprint density at radius 1 is 1.00 bits per heavy atom. The number of pyridine rings is 1. The zero-order chi connectivity index (χ0) is 23.3. The predicted octanol–water partition coefficient (Wildman–Crippen LogP) is 4.71. The molecule has 0 atom stereocenters. The zero-order valence-electron chi connectivity index (χ0n) is 18.5. The number of anilines is 2. The van der Waals surface area contributed by atoms with Gasteiger partial charge in [0.05, 0.1) is 5.69 Å². The highest BCUT2D eigenvalue weighted by Gasteiger charge is 2.21. The van der Waals surface area contributed by atoms with Gasteiger partial charge in [0.1, 0.15) is 5.69 Å². The fourth-order valence-electron chi connectivity index (χ4n) is 3.97. The summed E-state index contributed by atoms with van der Waals surface area (Å²) in [5, 5.41) is 7.62. The molecule has 7 heteroatoms. The molecular formula is C27H23N5O2. The first-order valence-corrected chi connectivity index (χ1v) is 11.1. The van der Waals surface area contributed by atoms with Crippen LogP contribution in [0, 0.1) is 0 Å². The van der Waals surface area contributed by atoms with Crippen molar-refractivity contribution in [1.82, 2.24) is 14.8 Å². The summed E-state index contributed by atoms with van der Waals surface area (Å²) in [7, 11) is 0. The second-order valence-electron chi connectivity index (χ2n) is 7.98. The molecular weight excluding hydrogens is 426 g/mol. The number of hydrogen-bond donors (Lipinski definition) is 1. The average Bonchev–Trinajstić information content (AvgIpc) is 3.50.